The molecule has 0 radical (unpaired) electrons. The molecule has 1 aromatic heterocycles. The number of likely N-dealkylation sites (N-methyl/N-ethyl adjacent to an activating group) is 1. The number of fused-ring (bicyclic) bond motifs is 1. The fraction of sp³-hybridized carbons (Fsp3) is 0.448. The van der Waals surface area contributed by atoms with E-state index in [0.29, 0.717) is 53.3 Å². The lowest BCUT2D eigenvalue weighted by molar-refractivity contribution is -0.166. The zero-order chi connectivity index (χ0) is 30.8. The van der Waals surface area contributed by atoms with Gasteiger partial charge in [-0.1, -0.05) is 0 Å². The molecule has 0 bridgehead atoms. The molecule has 0 aliphatic carbocycles. The molecule has 0 spiro atoms. The van der Waals surface area contributed by atoms with Gasteiger partial charge < -0.3 is 39.5 Å². The second kappa shape index (κ2) is 15.1. The maximum atomic E-state index is 13.8. The Bertz CT molecular complexity index is 1340. The molecule has 1 unspecified atom stereocenters. The van der Waals surface area contributed by atoms with Gasteiger partial charge in [-0.15, -0.1) is 0 Å². The minimum absolute atomic E-state index is 0.102. The third-order valence-corrected chi connectivity index (χ3v) is 6.50. The van der Waals surface area contributed by atoms with Crippen LogP contribution in [0.3, 0.4) is 0 Å². The minimum Gasteiger partial charge on any atom is -0.425 e. The van der Waals surface area contributed by atoms with Crippen molar-refractivity contribution in [1.82, 2.24) is 15.2 Å². The van der Waals surface area contributed by atoms with Gasteiger partial charge in [0.2, 0.25) is 6.29 Å². The van der Waals surface area contributed by atoms with Crippen LogP contribution in [0.1, 0.15) is 59.6 Å². The SMILES string of the molecule is CCN(CCNC(=O)c1c(C)[nH]c(/C=C2\C(=O)Nc3ccc(F)cc32)c1C)C(=O)OC(C)OC(=O)CCCOCOC. The molecule has 42 heavy (non-hydrogen) atoms. The van der Waals surface area contributed by atoms with E-state index < -0.39 is 24.2 Å². The highest BCUT2D eigenvalue weighted by molar-refractivity contribution is 6.34. The van der Waals surface area contributed by atoms with E-state index in [2.05, 4.69) is 15.6 Å². The zero-order valence-electron chi connectivity index (χ0n) is 24.4. The molecule has 1 aromatic carbocycles. The largest absolute Gasteiger partial charge is 0.425 e. The lowest BCUT2D eigenvalue weighted by Gasteiger charge is -2.23. The number of benzene rings is 1. The molecule has 1 atom stereocenters. The second-order valence-electron chi connectivity index (χ2n) is 9.56. The summed E-state index contributed by atoms with van der Waals surface area (Å²) >= 11 is 0. The highest BCUT2D eigenvalue weighted by Gasteiger charge is 2.26. The molecule has 13 heteroatoms. The molecule has 0 saturated carbocycles. The Morgan fingerprint density at radius 3 is 2.67 bits per heavy atom. The van der Waals surface area contributed by atoms with E-state index >= 15 is 0 Å². The Morgan fingerprint density at radius 2 is 1.95 bits per heavy atom. The number of aryl methyl sites for hydroxylation is 1. The number of esters is 1. The molecule has 3 amide bonds. The number of nitrogens with one attached hydrogen (secondary N) is 3. The van der Waals surface area contributed by atoms with E-state index in [0.717, 1.165) is 0 Å². The molecule has 2 aromatic rings. The number of anilines is 1. The molecule has 1 aliphatic heterocycles. The molecule has 1 aliphatic rings. The van der Waals surface area contributed by atoms with Crippen molar-refractivity contribution in [3.63, 3.8) is 0 Å². The molecule has 0 fully saturated rings. The number of nitrogens with zero attached hydrogens (tertiary/aromatic N) is 1. The number of hydrogen-bond acceptors (Lipinski definition) is 8. The molecule has 3 N–H and O–H groups in total. The Hall–Kier alpha value is -4.23. The lowest BCUT2D eigenvalue weighted by atomic mass is 10.0. The first kappa shape index (κ1) is 32.3. The average molecular weight is 589 g/mol. The number of aromatic nitrogens is 1. The normalized spacial score (nSPS) is 13.9. The van der Waals surface area contributed by atoms with Crippen molar-refractivity contribution in [3.8, 4) is 0 Å². The van der Waals surface area contributed by atoms with Crippen LogP contribution < -0.4 is 10.6 Å². The minimum atomic E-state index is -1.09. The number of aromatic amines is 1. The summed E-state index contributed by atoms with van der Waals surface area (Å²) in [6, 6.07) is 4.06. The number of H-pyrrole nitrogens is 1. The van der Waals surface area contributed by atoms with Crippen molar-refractivity contribution in [3.05, 3.63) is 52.1 Å². The van der Waals surface area contributed by atoms with Crippen molar-refractivity contribution >= 4 is 41.2 Å². The highest BCUT2D eigenvalue weighted by Crippen LogP contribution is 2.34. The first-order chi connectivity index (χ1) is 20.0. The van der Waals surface area contributed by atoms with Gasteiger partial charge in [0.15, 0.2) is 0 Å². The number of carbonyl (C=O) groups is 4. The van der Waals surface area contributed by atoms with Crippen LogP contribution in [0.15, 0.2) is 18.2 Å². The average Bonchev–Trinajstić information content (AvgIpc) is 3.39. The van der Waals surface area contributed by atoms with Crippen LogP contribution in [0.4, 0.5) is 14.9 Å². The molecule has 228 valence electrons. The fourth-order valence-corrected chi connectivity index (χ4v) is 4.42. The summed E-state index contributed by atoms with van der Waals surface area (Å²) in [5, 5.41) is 5.50. The van der Waals surface area contributed by atoms with Crippen LogP contribution in [0, 0.1) is 19.7 Å². The number of rotatable bonds is 14. The lowest BCUT2D eigenvalue weighted by Crippen LogP contribution is -2.40. The van der Waals surface area contributed by atoms with Crippen molar-refractivity contribution in [1.29, 1.82) is 0 Å². The summed E-state index contributed by atoms with van der Waals surface area (Å²) in [7, 11) is 1.50. The van der Waals surface area contributed by atoms with Crippen molar-refractivity contribution < 1.29 is 42.5 Å². The van der Waals surface area contributed by atoms with Gasteiger partial charge in [0.05, 0.1) is 11.1 Å². The summed E-state index contributed by atoms with van der Waals surface area (Å²) < 4.78 is 34.0. The van der Waals surface area contributed by atoms with Gasteiger partial charge in [-0.2, -0.15) is 0 Å². The zero-order valence-corrected chi connectivity index (χ0v) is 24.4. The molecular formula is C29H37FN4O8. The van der Waals surface area contributed by atoms with Crippen molar-refractivity contribution in [2.45, 2.75) is 46.8 Å². The van der Waals surface area contributed by atoms with Crippen LogP contribution in [0.2, 0.25) is 0 Å². The van der Waals surface area contributed by atoms with Gasteiger partial charge in [0.1, 0.15) is 12.6 Å². The van der Waals surface area contributed by atoms with Crippen LogP contribution in [0.25, 0.3) is 11.6 Å². The summed E-state index contributed by atoms with van der Waals surface area (Å²) in [4.78, 5) is 54.5. The summed E-state index contributed by atoms with van der Waals surface area (Å²) in [5.74, 6) is -1.72. The Kier molecular flexibility index (Phi) is 11.6. The third-order valence-electron chi connectivity index (χ3n) is 6.50. The van der Waals surface area contributed by atoms with Gasteiger partial charge in [-0.05, 0) is 57.0 Å². The van der Waals surface area contributed by atoms with Crippen molar-refractivity contribution in [2.24, 2.45) is 0 Å². The highest BCUT2D eigenvalue weighted by atomic mass is 19.1. The predicted molar refractivity (Wildman–Crippen MR) is 152 cm³/mol. The fourth-order valence-electron chi connectivity index (χ4n) is 4.42. The molecule has 12 nitrogen and oxygen atoms in total. The van der Waals surface area contributed by atoms with E-state index in [9.17, 15) is 23.6 Å². The number of ether oxygens (including phenoxy) is 4. The third kappa shape index (κ3) is 8.40. The van der Waals surface area contributed by atoms with E-state index in [-0.39, 0.29) is 43.7 Å². The summed E-state index contributed by atoms with van der Waals surface area (Å²) in [5.41, 5.74) is 3.39. The number of halogens is 1. The first-order valence-corrected chi connectivity index (χ1v) is 13.6. The molecule has 0 saturated heterocycles. The maximum absolute atomic E-state index is 13.8. The number of carbonyl (C=O) groups excluding carboxylic acids is 4. The first-order valence-electron chi connectivity index (χ1n) is 13.6. The van der Waals surface area contributed by atoms with Gasteiger partial charge in [-0.3, -0.25) is 14.4 Å². The van der Waals surface area contributed by atoms with Gasteiger partial charge >= 0.3 is 12.1 Å². The second-order valence-corrected chi connectivity index (χ2v) is 9.56. The van der Waals surface area contributed by atoms with E-state index in [1.54, 1.807) is 26.8 Å². The van der Waals surface area contributed by atoms with Crippen LogP contribution >= 0.6 is 0 Å². The van der Waals surface area contributed by atoms with E-state index in [1.807, 2.05) is 0 Å². The molecular weight excluding hydrogens is 551 g/mol. The quantitative estimate of drug-likeness (QED) is 0.131. The maximum Gasteiger partial charge on any atom is 0.412 e. The number of hydrogen-bond donors (Lipinski definition) is 3. The molecule has 3 rings (SSSR count). The Labute approximate surface area is 243 Å². The summed E-state index contributed by atoms with van der Waals surface area (Å²) in [6.07, 6.45) is 0.357. The van der Waals surface area contributed by atoms with Crippen molar-refractivity contribution in [2.75, 3.05) is 45.5 Å². The van der Waals surface area contributed by atoms with Crippen LogP contribution in [-0.2, 0) is 28.5 Å². The van der Waals surface area contributed by atoms with Gasteiger partial charge in [0, 0.05) is 69.3 Å². The number of methoxy groups -OCH3 is 1. The van der Waals surface area contributed by atoms with Crippen LogP contribution in [0.5, 0.6) is 0 Å². The monoisotopic (exact) mass is 588 g/mol. The summed E-state index contributed by atoms with van der Waals surface area (Å²) in [6.45, 7) is 7.74. The van der Waals surface area contributed by atoms with E-state index in [1.165, 1.54) is 37.1 Å². The van der Waals surface area contributed by atoms with Crippen LogP contribution in [-0.4, -0.2) is 80.2 Å². The number of amides is 3. The molecule has 2 heterocycles. The smallest absolute Gasteiger partial charge is 0.412 e. The standard InChI is InChI=1S/C29H37FN4O8/c1-6-34(29(38)42-19(4)41-25(35)8-7-13-40-16-39-5)12-11-31-28(37)26-17(2)24(32-18(26)3)15-22-21-14-20(30)9-10-23(21)33-27(22)36/h9-10,14-15,19,32H,6-8,11-13,16H2,1-5H3,(H,31,37)(H,33,36)/b22-15-. The Morgan fingerprint density at radius 1 is 1.19 bits per heavy atom. The topological polar surface area (TPSA) is 148 Å². The van der Waals surface area contributed by atoms with E-state index in [4.69, 9.17) is 18.9 Å². The van der Waals surface area contributed by atoms with Gasteiger partial charge in [0.25, 0.3) is 11.8 Å². The van der Waals surface area contributed by atoms with Gasteiger partial charge in [-0.25, -0.2) is 9.18 Å². The predicted octanol–water partition coefficient (Wildman–Crippen LogP) is 3.74. The Balaban J connectivity index is 1.53.